The third kappa shape index (κ3) is 2.11. The van der Waals surface area contributed by atoms with E-state index in [-0.39, 0.29) is 0 Å². The number of nitrogens with one attached hydrogen (secondary N) is 1. The highest BCUT2D eigenvalue weighted by molar-refractivity contribution is 9.11. The summed E-state index contributed by atoms with van der Waals surface area (Å²) < 4.78 is 2.11. The van der Waals surface area contributed by atoms with Crippen LogP contribution >= 0.6 is 31.9 Å². The summed E-state index contributed by atoms with van der Waals surface area (Å²) in [7, 11) is 0. The first-order valence-electron chi connectivity index (χ1n) is 4.90. The SMILES string of the molecule is Cc1cc(Br)c(N2CCCC2=N)c(Br)c1. The minimum absolute atomic E-state index is 0.709. The molecule has 2 rings (SSSR count). The van der Waals surface area contributed by atoms with E-state index in [9.17, 15) is 0 Å². The molecule has 2 nitrogen and oxygen atoms in total. The Bertz CT molecular complexity index is 392. The van der Waals surface area contributed by atoms with Crippen LogP contribution in [0.3, 0.4) is 0 Å². The number of halogens is 2. The van der Waals surface area contributed by atoms with E-state index in [1.165, 1.54) is 5.56 Å². The van der Waals surface area contributed by atoms with Crippen LogP contribution in [0.1, 0.15) is 18.4 Å². The summed E-state index contributed by atoms with van der Waals surface area (Å²) in [6, 6.07) is 4.18. The van der Waals surface area contributed by atoms with Crippen molar-refractivity contribution in [1.82, 2.24) is 0 Å². The van der Waals surface area contributed by atoms with Crippen molar-refractivity contribution < 1.29 is 0 Å². The molecule has 0 unspecified atom stereocenters. The lowest BCUT2D eigenvalue weighted by molar-refractivity contribution is 0.953. The van der Waals surface area contributed by atoms with Crippen molar-refractivity contribution in [2.75, 3.05) is 11.4 Å². The summed E-state index contributed by atoms with van der Waals surface area (Å²) in [5.74, 6) is 0.709. The lowest BCUT2D eigenvalue weighted by Crippen LogP contribution is -2.24. The molecule has 1 fully saturated rings. The van der Waals surface area contributed by atoms with E-state index in [0.717, 1.165) is 34.0 Å². The lowest BCUT2D eigenvalue weighted by atomic mass is 10.2. The maximum atomic E-state index is 7.87. The van der Waals surface area contributed by atoms with E-state index < -0.39 is 0 Å². The van der Waals surface area contributed by atoms with Crippen molar-refractivity contribution in [3.8, 4) is 0 Å². The quantitative estimate of drug-likeness (QED) is 0.824. The van der Waals surface area contributed by atoms with E-state index in [4.69, 9.17) is 5.41 Å². The molecule has 0 aromatic heterocycles. The zero-order valence-electron chi connectivity index (χ0n) is 8.48. The third-order valence-electron chi connectivity index (χ3n) is 2.55. The van der Waals surface area contributed by atoms with Gasteiger partial charge in [-0.3, -0.25) is 5.41 Å². The van der Waals surface area contributed by atoms with Gasteiger partial charge in [-0.1, -0.05) is 0 Å². The number of benzene rings is 1. The Balaban J connectivity index is 2.47. The Morgan fingerprint density at radius 1 is 1.27 bits per heavy atom. The fraction of sp³-hybridized carbons (Fsp3) is 0.364. The summed E-state index contributed by atoms with van der Waals surface area (Å²) in [4.78, 5) is 2.06. The van der Waals surface area contributed by atoms with Gasteiger partial charge < -0.3 is 4.90 Å². The van der Waals surface area contributed by atoms with E-state index in [1.54, 1.807) is 0 Å². The molecule has 0 spiro atoms. The molecular weight excluding hydrogens is 320 g/mol. The third-order valence-corrected chi connectivity index (χ3v) is 3.76. The Morgan fingerprint density at radius 3 is 2.33 bits per heavy atom. The summed E-state index contributed by atoms with van der Waals surface area (Å²) in [5.41, 5.74) is 2.30. The van der Waals surface area contributed by atoms with Gasteiger partial charge in [0.25, 0.3) is 0 Å². The molecule has 1 saturated heterocycles. The fourth-order valence-electron chi connectivity index (χ4n) is 1.87. The number of hydrogen-bond donors (Lipinski definition) is 1. The molecule has 1 aliphatic heterocycles. The second kappa shape index (κ2) is 4.26. The number of rotatable bonds is 1. The average molecular weight is 332 g/mol. The van der Waals surface area contributed by atoms with Gasteiger partial charge in [0.15, 0.2) is 0 Å². The van der Waals surface area contributed by atoms with Crippen LogP contribution in [0.25, 0.3) is 0 Å². The van der Waals surface area contributed by atoms with Gasteiger partial charge in [0.05, 0.1) is 5.69 Å². The van der Waals surface area contributed by atoms with Crippen molar-refractivity contribution in [3.63, 3.8) is 0 Å². The number of amidine groups is 1. The van der Waals surface area contributed by atoms with Gasteiger partial charge in [-0.05, 0) is 62.9 Å². The van der Waals surface area contributed by atoms with E-state index in [1.807, 2.05) is 0 Å². The first kappa shape index (κ1) is 11.1. The van der Waals surface area contributed by atoms with Gasteiger partial charge in [-0.25, -0.2) is 0 Å². The smallest absolute Gasteiger partial charge is 0.100 e. The molecule has 0 atom stereocenters. The molecule has 15 heavy (non-hydrogen) atoms. The first-order valence-corrected chi connectivity index (χ1v) is 6.49. The summed E-state index contributed by atoms with van der Waals surface area (Å²) in [6.45, 7) is 3.01. The molecular formula is C11H12Br2N2. The normalized spacial score (nSPS) is 16.2. The zero-order chi connectivity index (χ0) is 11.0. The second-order valence-corrected chi connectivity index (χ2v) is 5.49. The molecule has 4 heteroatoms. The van der Waals surface area contributed by atoms with Crippen LogP contribution in [0.2, 0.25) is 0 Å². The second-order valence-electron chi connectivity index (χ2n) is 3.78. The van der Waals surface area contributed by atoms with Crippen molar-refractivity contribution in [1.29, 1.82) is 5.41 Å². The summed E-state index contributed by atoms with van der Waals surface area (Å²) in [5, 5.41) is 7.87. The van der Waals surface area contributed by atoms with Gasteiger partial charge in [-0.2, -0.15) is 0 Å². The van der Waals surface area contributed by atoms with E-state index in [0.29, 0.717) is 5.84 Å². The van der Waals surface area contributed by atoms with Crippen molar-refractivity contribution in [2.45, 2.75) is 19.8 Å². The highest BCUT2D eigenvalue weighted by Gasteiger charge is 2.22. The van der Waals surface area contributed by atoms with Crippen molar-refractivity contribution in [3.05, 3.63) is 26.6 Å². The lowest BCUT2D eigenvalue weighted by Gasteiger charge is -2.21. The van der Waals surface area contributed by atoms with Gasteiger partial charge in [0.2, 0.25) is 0 Å². The highest BCUT2D eigenvalue weighted by Crippen LogP contribution is 2.37. The molecule has 1 aliphatic rings. The fourth-order valence-corrected chi connectivity index (χ4v) is 3.71. The monoisotopic (exact) mass is 330 g/mol. The van der Waals surface area contributed by atoms with Gasteiger partial charge in [0, 0.05) is 21.9 Å². The predicted molar refractivity (Wildman–Crippen MR) is 70.9 cm³/mol. The molecule has 0 amide bonds. The Kier molecular flexibility index (Phi) is 3.16. The van der Waals surface area contributed by atoms with Crippen LogP contribution < -0.4 is 4.90 Å². The maximum absolute atomic E-state index is 7.87. The van der Waals surface area contributed by atoms with Crippen molar-refractivity contribution >= 4 is 43.4 Å². The Hall–Kier alpha value is -0.350. The largest absolute Gasteiger partial charge is 0.328 e. The topological polar surface area (TPSA) is 27.1 Å². The molecule has 0 bridgehead atoms. The molecule has 80 valence electrons. The average Bonchev–Trinajstić information content (AvgIpc) is 2.50. The van der Waals surface area contributed by atoms with Crippen LogP contribution in [-0.2, 0) is 0 Å². The van der Waals surface area contributed by atoms with Crippen LogP contribution in [0.5, 0.6) is 0 Å². The molecule has 1 N–H and O–H groups in total. The van der Waals surface area contributed by atoms with Gasteiger partial charge in [0.1, 0.15) is 5.84 Å². The molecule has 0 radical (unpaired) electrons. The van der Waals surface area contributed by atoms with Crippen LogP contribution in [0.4, 0.5) is 5.69 Å². The summed E-state index contributed by atoms with van der Waals surface area (Å²) in [6.07, 6.45) is 1.96. The van der Waals surface area contributed by atoms with Crippen LogP contribution in [-0.4, -0.2) is 12.4 Å². The summed E-state index contributed by atoms with van der Waals surface area (Å²) >= 11 is 7.13. The van der Waals surface area contributed by atoms with Crippen molar-refractivity contribution in [2.24, 2.45) is 0 Å². The zero-order valence-corrected chi connectivity index (χ0v) is 11.7. The maximum Gasteiger partial charge on any atom is 0.100 e. The van der Waals surface area contributed by atoms with E-state index in [2.05, 4.69) is 55.8 Å². The minimum Gasteiger partial charge on any atom is -0.328 e. The molecule has 1 heterocycles. The molecule has 0 saturated carbocycles. The van der Waals surface area contributed by atoms with Gasteiger partial charge >= 0.3 is 0 Å². The van der Waals surface area contributed by atoms with Crippen LogP contribution in [0.15, 0.2) is 21.1 Å². The van der Waals surface area contributed by atoms with E-state index >= 15 is 0 Å². The Morgan fingerprint density at radius 2 is 1.87 bits per heavy atom. The number of anilines is 1. The van der Waals surface area contributed by atoms with Gasteiger partial charge in [-0.15, -0.1) is 0 Å². The predicted octanol–water partition coefficient (Wildman–Crippen LogP) is 4.10. The number of hydrogen-bond acceptors (Lipinski definition) is 1. The Labute approximate surface area is 106 Å². The minimum atomic E-state index is 0.709. The molecule has 1 aromatic carbocycles. The number of nitrogens with zero attached hydrogens (tertiary/aromatic N) is 1. The highest BCUT2D eigenvalue weighted by atomic mass is 79.9. The molecule has 1 aromatic rings. The van der Waals surface area contributed by atoms with Crippen LogP contribution in [0, 0.1) is 12.3 Å². The number of aryl methyl sites for hydroxylation is 1. The first-order chi connectivity index (χ1) is 7.09. The standard InChI is InChI=1S/C11H12Br2N2/c1-7-5-8(12)11(9(13)6-7)15-4-2-3-10(15)14/h5-6,14H,2-4H2,1H3. The molecule has 0 aliphatic carbocycles.